The molecule has 1 aromatic heterocycles. The van der Waals surface area contributed by atoms with Crippen molar-refractivity contribution in [2.24, 2.45) is 0 Å². The number of aromatic amines is 1. The van der Waals surface area contributed by atoms with Gasteiger partial charge in [-0.05, 0) is 45.1 Å². The number of rotatable bonds is 5. The summed E-state index contributed by atoms with van der Waals surface area (Å²) in [6.45, 7) is 1.72. The number of carbonyl (C=O) groups excluding carboxylic acids is 1. The molecule has 3 aliphatic rings. The minimum Gasteiger partial charge on any atom is -0.382 e. The molecular weight excluding hydrogens is 306 g/mol. The molecule has 4 rings (SSSR count). The van der Waals surface area contributed by atoms with Gasteiger partial charge in [0.2, 0.25) is 5.91 Å². The predicted molar refractivity (Wildman–Crippen MR) is 88.1 cm³/mol. The molecule has 2 aliphatic carbocycles. The fourth-order valence-electron chi connectivity index (χ4n) is 4.41. The van der Waals surface area contributed by atoms with E-state index in [1.807, 2.05) is 0 Å². The van der Waals surface area contributed by atoms with Crippen LogP contribution < -0.4 is 0 Å². The first-order valence-corrected chi connectivity index (χ1v) is 9.28. The van der Waals surface area contributed by atoms with Crippen LogP contribution in [0, 0.1) is 0 Å². The van der Waals surface area contributed by atoms with Gasteiger partial charge in [-0.3, -0.25) is 9.69 Å². The van der Waals surface area contributed by atoms with Gasteiger partial charge in [0.05, 0.1) is 12.7 Å². The van der Waals surface area contributed by atoms with E-state index in [-0.39, 0.29) is 5.91 Å². The molecule has 7 nitrogen and oxygen atoms in total. The lowest BCUT2D eigenvalue weighted by Gasteiger charge is -2.39. The first-order valence-electron chi connectivity index (χ1n) is 9.28. The third-order valence-electron chi connectivity index (χ3n) is 5.75. The molecule has 2 N–H and O–H groups in total. The summed E-state index contributed by atoms with van der Waals surface area (Å²) in [5, 5.41) is 21.3. The third kappa shape index (κ3) is 3.19. The summed E-state index contributed by atoms with van der Waals surface area (Å²) in [5.74, 6) is 0.244. The van der Waals surface area contributed by atoms with Crippen molar-refractivity contribution in [1.82, 2.24) is 25.2 Å². The van der Waals surface area contributed by atoms with Crippen LogP contribution in [0.1, 0.15) is 57.1 Å². The maximum absolute atomic E-state index is 12.9. The molecule has 1 amide bonds. The van der Waals surface area contributed by atoms with Crippen LogP contribution >= 0.6 is 0 Å². The number of nitrogens with zero attached hydrogens (tertiary/aromatic N) is 4. The Kier molecular flexibility index (Phi) is 4.30. The van der Waals surface area contributed by atoms with Crippen molar-refractivity contribution in [3.63, 3.8) is 0 Å². The lowest BCUT2D eigenvalue weighted by molar-refractivity contribution is -0.137. The minimum atomic E-state index is -0.997. The summed E-state index contributed by atoms with van der Waals surface area (Å²) >= 11 is 0. The first-order chi connectivity index (χ1) is 11.7. The molecule has 2 saturated carbocycles. The van der Waals surface area contributed by atoms with Gasteiger partial charge in [-0.15, -0.1) is 0 Å². The number of aliphatic hydroxyl groups is 1. The number of hydrogen-bond acceptors (Lipinski definition) is 5. The molecule has 3 fully saturated rings. The SMILES string of the molecule is O=C(CN1CCC[C@](O)(c2cn[nH]n2)C1)N(C1CCCC1)C1CC1. The smallest absolute Gasteiger partial charge is 0.237 e. The number of amides is 1. The highest BCUT2D eigenvalue weighted by Gasteiger charge is 2.41. The molecule has 1 aliphatic heterocycles. The third-order valence-corrected chi connectivity index (χ3v) is 5.75. The van der Waals surface area contributed by atoms with E-state index in [0.717, 1.165) is 38.6 Å². The van der Waals surface area contributed by atoms with Crippen LogP contribution in [-0.2, 0) is 10.4 Å². The van der Waals surface area contributed by atoms with Gasteiger partial charge >= 0.3 is 0 Å². The van der Waals surface area contributed by atoms with Gasteiger partial charge in [-0.1, -0.05) is 12.8 Å². The number of hydrogen-bond donors (Lipinski definition) is 2. The van der Waals surface area contributed by atoms with Crippen molar-refractivity contribution in [2.75, 3.05) is 19.6 Å². The Morgan fingerprint density at radius 2 is 2.04 bits per heavy atom. The molecule has 0 unspecified atom stereocenters. The van der Waals surface area contributed by atoms with Gasteiger partial charge in [0, 0.05) is 18.6 Å². The van der Waals surface area contributed by atoms with Crippen molar-refractivity contribution in [3.05, 3.63) is 11.9 Å². The van der Waals surface area contributed by atoms with Crippen LogP contribution in [0.3, 0.4) is 0 Å². The monoisotopic (exact) mass is 333 g/mol. The van der Waals surface area contributed by atoms with Gasteiger partial charge in [0.1, 0.15) is 11.3 Å². The summed E-state index contributed by atoms with van der Waals surface area (Å²) in [7, 11) is 0. The Morgan fingerprint density at radius 3 is 2.71 bits per heavy atom. The lowest BCUT2D eigenvalue weighted by atomic mass is 9.90. The van der Waals surface area contributed by atoms with Crippen molar-refractivity contribution in [2.45, 2.75) is 69.1 Å². The molecule has 0 aromatic carbocycles. The molecule has 0 bridgehead atoms. The van der Waals surface area contributed by atoms with Crippen molar-refractivity contribution >= 4 is 5.91 Å². The zero-order valence-corrected chi connectivity index (χ0v) is 14.2. The standard InChI is InChI=1S/C17H27N5O2/c23-16(22(14-6-7-14)13-4-1-2-5-13)11-21-9-3-8-17(24,12-21)15-10-18-20-19-15/h10,13-14,24H,1-9,11-12H2,(H,18,19,20)/t17-/m1/s1. The highest BCUT2D eigenvalue weighted by Crippen LogP contribution is 2.35. The zero-order chi connectivity index (χ0) is 16.6. The largest absolute Gasteiger partial charge is 0.382 e. The second-order valence-electron chi connectivity index (χ2n) is 7.67. The summed E-state index contributed by atoms with van der Waals surface area (Å²) in [4.78, 5) is 17.2. The van der Waals surface area contributed by atoms with E-state index in [9.17, 15) is 9.90 Å². The normalized spacial score (nSPS) is 29.0. The number of carbonyl (C=O) groups is 1. The van der Waals surface area contributed by atoms with E-state index in [0.29, 0.717) is 37.3 Å². The maximum Gasteiger partial charge on any atom is 0.237 e. The highest BCUT2D eigenvalue weighted by atomic mass is 16.3. The van der Waals surface area contributed by atoms with E-state index in [1.165, 1.54) is 12.8 Å². The average molecular weight is 333 g/mol. The number of piperidine rings is 1. The highest BCUT2D eigenvalue weighted by molar-refractivity contribution is 5.79. The minimum absolute atomic E-state index is 0.244. The van der Waals surface area contributed by atoms with Crippen LogP contribution in [0.5, 0.6) is 0 Å². The van der Waals surface area contributed by atoms with Crippen LogP contribution in [0.4, 0.5) is 0 Å². The van der Waals surface area contributed by atoms with E-state index < -0.39 is 5.60 Å². The number of aromatic nitrogens is 3. The number of likely N-dealkylation sites (tertiary alicyclic amines) is 1. The topological polar surface area (TPSA) is 85.3 Å². The Bertz CT molecular complexity index is 568. The van der Waals surface area contributed by atoms with Crippen LogP contribution in [-0.4, -0.2) is 67.9 Å². The Labute approximate surface area is 142 Å². The van der Waals surface area contributed by atoms with Gasteiger partial charge in [-0.2, -0.15) is 15.4 Å². The molecule has 132 valence electrons. The van der Waals surface area contributed by atoms with Crippen LogP contribution in [0.2, 0.25) is 0 Å². The second-order valence-corrected chi connectivity index (χ2v) is 7.67. The molecule has 1 saturated heterocycles. The summed E-state index contributed by atoms with van der Waals surface area (Å²) in [5.41, 5.74) is -0.418. The fourth-order valence-corrected chi connectivity index (χ4v) is 4.41. The number of β-amino-alcohol motifs (C(OH)–C–C–N with tert-alkyl or cyclic N) is 1. The van der Waals surface area contributed by atoms with Gasteiger partial charge in [0.15, 0.2) is 0 Å². The summed E-state index contributed by atoms with van der Waals surface area (Å²) in [6, 6.07) is 0.920. The van der Waals surface area contributed by atoms with Gasteiger partial charge in [-0.25, -0.2) is 0 Å². The first kappa shape index (κ1) is 16.0. The molecule has 7 heteroatoms. The predicted octanol–water partition coefficient (Wildman–Crippen LogP) is 1.02. The Morgan fingerprint density at radius 1 is 1.29 bits per heavy atom. The van der Waals surface area contributed by atoms with Crippen molar-refractivity contribution < 1.29 is 9.90 Å². The van der Waals surface area contributed by atoms with Crippen LogP contribution in [0.25, 0.3) is 0 Å². The Hall–Kier alpha value is -1.47. The molecule has 1 atom stereocenters. The molecule has 0 spiro atoms. The second kappa shape index (κ2) is 6.44. The fraction of sp³-hybridized carbons (Fsp3) is 0.824. The van der Waals surface area contributed by atoms with Crippen molar-refractivity contribution in [3.8, 4) is 0 Å². The Balaban J connectivity index is 1.41. The van der Waals surface area contributed by atoms with E-state index in [1.54, 1.807) is 6.20 Å². The summed E-state index contributed by atoms with van der Waals surface area (Å²) < 4.78 is 0. The van der Waals surface area contributed by atoms with E-state index in [4.69, 9.17) is 0 Å². The van der Waals surface area contributed by atoms with E-state index in [2.05, 4.69) is 25.2 Å². The zero-order valence-electron chi connectivity index (χ0n) is 14.2. The maximum atomic E-state index is 12.9. The molecule has 24 heavy (non-hydrogen) atoms. The quantitative estimate of drug-likeness (QED) is 0.840. The molecule has 0 radical (unpaired) electrons. The number of H-pyrrole nitrogens is 1. The molecule has 1 aromatic rings. The molecule has 2 heterocycles. The lowest BCUT2D eigenvalue weighted by Crippen LogP contribution is -2.51. The number of nitrogens with one attached hydrogen (secondary N) is 1. The van der Waals surface area contributed by atoms with Gasteiger partial charge in [0.25, 0.3) is 0 Å². The summed E-state index contributed by atoms with van der Waals surface area (Å²) in [6.07, 6.45) is 10.2. The van der Waals surface area contributed by atoms with E-state index >= 15 is 0 Å². The molecular formula is C17H27N5O2. The van der Waals surface area contributed by atoms with Crippen molar-refractivity contribution in [1.29, 1.82) is 0 Å². The van der Waals surface area contributed by atoms with Crippen LogP contribution in [0.15, 0.2) is 6.20 Å². The van der Waals surface area contributed by atoms with Gasteiger partial charge < -0.3 is 10.0 Å². The average Bonchev–Trinajstić information content (AvgIpc) is 3.05.